The predicted molar refractivity (Wildman–Crippen MR) is 63.6 cm³/mol. The van der Waals surface area contributed by atoms with Gasteiger partial charge in [-0.2, -0.15) is 4.98 Å². The van der Waals surface area contributed by atoms with Crippen molar-refractivity contribution in [2.45, 2.75) is 5.88 Å². The van der Waals surface area contributed by atoms with Crippen LogP contribution in [0.5, 0.6) is 0 Å². The molecule has 16 heavy (non-hydrogen) atoms. The number of benzene rings is 1. The maximum atomic E-state index is 5.59. The van der Waals surface area contributed by atoms with Crippen LogP contribution in [-0.4, -0.2) is 24.2 Å². The van der Waals surface area contributed by atoms with Crippen molar-refractivity contribution in [3.63, 3.8) is 0 Å². The van der Waals surface area contributed by atoms with E-state index in [1.807, 2.05) is 43.3 Å². The lowest BCUT2D eigenvalue weighted by atomic mass is 10.2. The van der Waals surface area contributed by atoms with E-state index in [0.717, 1.165) is 11.3 Å². The summed E-state index contributed by atoms with van der Waals surface area (Å²) >= 11 is 5.59. The fourth-order valence-electron chi connectivity index (χ4n) is 1.34. The zero-order valence-corrected chi connectivity index (χ0v) is 9.90. The van der Waals surface area contributed by atoms with Gasteiger partial charge in [-0.3, -0.25) is 0 Å². The third-order valence-electron chi connectivity index (χ3n) is 2.22. The molecular formula is C11H12ClN3O. The molecule has 0 aliphatic carbocycles. The summed E-state index contributed by atoms with van der Waals surface area (Å²) in [6.45, 7) is 0. The van der Waals surface area contributed by atoms with Gasteiger partial charge in [-0.25, -0.2) is 0 Å². The van der Waals surface area contributed by atoms with Gasteiger partial charge in [-0.1, -0.05) is 5.16 Å². The normalized spacial score (nSPS) is 10.4. The number of hydrogen-bond donors (Lipinski definition) is 0. The van der Waals surface area contributed by atoms with Gasteiger partial charge in [0.1, 0.15) is 5.88 Å². The molecule has 0 aliphatic heterocycles. The van der Waals surface area contributed by atoms with Crippen molar-refractivity contribution in [1.82, 2.24) is 10.1 Å². The predicted octanol–water partition coefficient (Wildman–Crippen LogP) is 2.54. The highest BCUT2D eigenvalue weighted by molar-refractivity contribution is 6.16. The van der Waals surface area contributed by atoms with Crippen molar-refractivity contribution in [2.24, 2.45) is 0 Å². The molecule has 0 atom stereocenters. The number of rotatable bonds is 3. The van der Waals surface area contributed by atoms with Gasteiger partial charge < -0.3 is 9.42 Å². The Hall–Kier alpha value is -1.55. The molecule has 1 aromatic carbocycles. The summed E-state index contributed by atoms with van der Waals surface area (Å²) in [6, 6.07) is 7.93. The van der Waals surface area contributed by atoms with Gasteiger partial charge in [0.15, 0.2) is 0 Å². The zero-order chi connectivity index (χ0) is 11.5. The topological polar surface area (TPSA) is 42.2 Å². The molecule has 0 unspecified atom stereocenters. The fraction of sp³-hybridized carbons (Fsp3) is 0.273. The van der Waals surface area contributed by atoms with Gasteiger partial charge in [-0.15, -0.1) is 11.6 Å². The molecule has 4 nitrogen and oxygen atoms in total. The van der Waals surface area contributed by atoms with Crippen molar-refractivity contribution < 1.29 is 4.52 Å². The van der Waals surface area contributed by atoms with Gasteiger partial charge in [0.25, 0.3) is 0 Å². The minimum absolute atomic E-state index is 0.239. The van der Waals surface area contributed by atoms with Gasteiger partial charge in [0.05, 0.1) is 0 Å². The first-order valence-electron chi connectivity index (χ1n) is 4.87. The summed E-state index contributed by atoms with van der Waals surface area (Å²) in [4.78, 5) is 6.18. The SMILES string of the molecule is CN(C)c1ccc(-c2noc(CCl)n2)cc1. The largest absolute Gasteiger partial charge is 0.378 e. The lowest BCUT2D eigenvalue weighted by Gasteiger charge is -2.11. The average Bonchev–Trinajstić information content (AvgIpc) is 2.77. The van der Waals surface area contributed by atoms with Crippen LogP contribution in [0.1, 0.15) is 5.89 Å². The van der Waals surface area contributed by atoms with Crippen molar-refractivity contribution in [3.8, 4) is 11.4 Å². The van der Waals surface area contributed by atoms with Gasteiger partial charge in [0.2, 0.25) is 11.7 Å². The lowest BCUT2D eigenvalue weighted by molar-refractivity contribution is 0.391. The van der Waals surface area contributed by atoms with Crippen LogP contribution in [0.3, 0.4) is 0 Å². The van der Waals surface area contributed by atoms with E-state index < -0.39 is 0 Å². The Labute approximate surface area is 98.8 Å². The molecule has 0 amide bonds. The van der Waals surface area contributed by atoms with E-state index in [0.29, 0.717) is 11.7 Å². The van der Waals surface area contributed by atoms with Crippen molar-refractivity contribution in [2.75, 3.05) is 19.0 Å². The smallest absolute Gasteiger partial charge is 0.241 e. The van der Waals surface area contributed by atoms with E-state index in [9.17, 15) is 0 Å². The second-order valence-electron chi connectivity index (χ2n) is 3.59. The highest BCUT2D eigenvalue weighted by atomic mass is 35.5. The van der Waals surface area contributed by atoms with Crippen LogP contribution in [0, 0.1) is 0 Å². The molecule has 0 spiro atoms. The summed E-state index contributed by atoms with van der Waals surface area (Å²) in [5.41, 5.74) is 2.05. The monoisotopic (exact) mass is 237 g/mol. The first kappa shape index (κ1) is 11.0. The Morgan fingerprint density at radius 2 is 1.94 bits per heavy atom. The minimum Gasteiger partial charge on any atom is -0.378 e. The second kappa shape index (κ2) is 4.53. The molecule has 0 radical (unpaired) electrons. The summed E-state index contributed by atoms with van der Waals surface area (Å²) in [5, 5.41) is 3.85. The molecule has 0 bridgehead atoms. The Kier molecular flexibility index (Phi) is 3.10. The molecule has 2 rings (SSSR count). The Morgan fingerprint density at radius 3 is 2.44 bits per heavy atom. The van der Waals surface area contributed by atoms with E-state index in [1.54, 1.807) is 0 Å². The van der Waals surface area contributed by atoms with Gasteiger partial charge in [0, 0.05) is 25.3 Å². The first-order chi connectivity index (χ1) is 7.70. The summed E-state index contributed by atoms with van der Waals surface area (Å²) in [5.74, 6) is 1.25. The highest BCUT2D eigenvalue weighted by Gasteiger charge is 2.07. The van der Waals surface area contributed by atoms with Crippen LogP contribution < -0.4 is 4.90 Å². The van der Waals surface area contributed by atoms with Crippen LogP contribution >= 0.6 is 11.6 Å². The molecule has 0 saturated carbocycles. The highest BCUT2D eigenvalue weighted by Crippen LogP contribution is 2.20. The molecule has 0 fully saturated rings. The molecule has 84 valence electrons. The summed E-state index contributed by atoms with van der Waals surface area (Å²) < 4.78 is 4.94. The van der Waals surface area contributed by atoms with Crippen LogP contribution in [0.25, 0.3) is 11.4 Å². The molecule has 1 heterocycles. The third-order valence-corrected chi connectivity index (χ3v) is 2.45. The number of anilines is 1. The maximum Gasteiger partial charge on any atom is 0.241 e. The van der Waals surface area contributed by atoms with Gasteiger partial charge in [-0.05, 0) is 24.3 Å². The van der Waals surface area contributed by atoms with Crippen LogP contribution in [-0.2, 0) is 5.88 Å². The van der Waals surface area contributed by atoms with E-state index in [4.69, 9.17) is 16.1 Å². The Balaban J connectivity index is 2.27. The third kappa shape index (κ3) is 2.17. The summed E-state index contributed by atoms with van der Waals surface area (Å²) in [6.07, 6.45) is 0. The van der Waals surface area contributed by atoms with Crippen molar-refractivity contribution in [3.05, 3.63) is 30.2 Å². The maximum absolute atomic E-state index is 5.59. The number of aromatic nitrogens is 2. The molecule has 2 aromatic rings. The molecule has 0 aliphatic rings. The van der Waals surface area contributed by atoms with Crippen LogP contribution in [0.4, 0.5) is 5.69 Å². The van der Waals surface area contributed by atoms with E-state index >= 15 is 0 Å². The standard InChI is InChI=1S/C11H12ClN3O/c1-15(2)9-5-3-8(4-6-9)11-13-10(7-12)16-14-11/h3-6H,7H2,1-2H3. The molecule has 0 saturated heterocycles. The second-order valence-corrected chi connectivity index (χ2v) is 3.85. The lowest BCUT2D eigenvalue weighted by Crippen LogP contribution is -2.07. The molecule has 5 heteroatoms. The molecular weight excluding hydrogens is 226 g/mol. The minimum atomic E-state index is 0.239. The zero-order valence-electron chi connectivity index (χ0n) is 9.14. The van der Waals surface area contributed by atoms with Crippen LogP contribution in [0.15, 0.2) is 28.8 Å². The average molecular weight is 238 g/mol. The number of halogens is 1. The van der Waals surface area contributed by atoms with E-state index in [-0.39, 0.29) is 5.88 Å². The summed E-state index contributed by atoms with van der Waals surface area (Å²) in [7, 11) is 3.99. The van der Waals surface area contributed by atoms with Crippen molar-refractivity contribution >= 4 is 17.3 Å². The Morgan fingerprint density at radius 1 is 1.25 bits per heavy atom. The van der Waals surface area contributed by atoms with E-state index in [2.05, 4.69) is 10.1 Å². The van der Waals surface area contributed by atoms with E-state index in [1.165, 1.54) is 0 Å². The quantitative estimate of drug-likeness (QED) is 0.770. The molecule has 0 N–H and O–H groups in total. The Bertz CT molecular complexity index is 464. The van der Waals surface area contributed by atoms with Crippen LogP contribution in [0.2, 0.25) is 0 Å². The van der Waals surface area contributed by atoms with Crippen molar-refractivity contribution in [1.29, 1.82) is 0 Å². The van der Waals surface area contributed by atoms with Gasteiger partial charge >= 0.3 is 0 Å². The number of nitrogens with zero attached hydrogens (tertiary/aromatic N) is 3. The first-order valence-corrected chi connectivity index (χ1v) is 5.40. The fourth-order valence-corrected chi connectivity index (χ4v) is 1.44. The number of hydrogen-bond acceptors (Lipinski definition) is 4. The molecule has 1 aromatic heterocycles. The number of alkyl halides is 1.